The zero-order valence-electron chi connectivity index (χ0n) is 16.5. The maximum atomic E-state index is 11.7. The van der Waals surface area contributed by atoms with Crippen LogP contribution in [0.3, 0.4) is 0 Å². The summed E-state index contributed by atoms with van der Waals surface area (Å²) < 4.78 is 23.5. The van der Waals surface area contributed by atoms with E-state index < -0.39 is 10.0 Å². The van der Waals surface area contributed by atoms with Gasteiger partial charge in [0.15, 0.2) is 0 Å². The van der Waals surface area contributed by atoms with Crippen LogP contribution < -0.4 is 15.4 Å². The third-order valence-corrected chi connectivity index (χ3v) is 7.17. The van der Waals surface area contributed by atoms with Gasteiger partial charge in [-0.05, 0) is 55.4 Å². The molecule has 29 heavy (non-hydrogen) atoms. The third kappa shape index (κ3) is 4.09. The van der Waals surface area contributed by atoms with E-state index in [0.29, 0.717) is 18.5 Å². The van der Waals surface area contributed by atoms with Gasteiger partial charge in [0.05, 0.1) is 10.6 Å². The number of sulfonamides is 1. The number of anilines is 2. The predicted octanol–water partition coefficient (Wildman–Crippen LogP) is 2.92. The van der Waals surface area contributed by atoms with Gasteiger partial charge in [-0.1, -0.05) is 18.9 Å². The maximum absolute atomic E-state index is 11.7. The van der Waals surface area contributed by atoms with Crippen molar-refractivity contribution in [2.75, 3.05) is 16.8 Å². The second-order valence-electron chi connectivity index (χ2n) is 8.52. The van der Waals surface area contributed by atoms with Crippen LogP contribution in [0.15, 0.2) is 29.2 Å². The summed E-state index contributed by atoms with van der Waals surface area (Å²) in [7, 11) is -3.70. The molecule has 0 atom stereocenters. The fraction of sp³-hybridized carbons (Fsp3) is 0.524. The number of rotatable bonds is 5. The van der Waals surface area contributed by atoms with E-state index >= 15 is 0 Å². The van der Waals surface area contributed by atoms with Crippen molar-refractivity contribution in [1.82, 2.24) is 9.97 Å². The Morgan fingerprint density at radius 1 is 1.03 bits per heavy atom. The van der Waals surface area contributed by atoms with Crippen molar-refractivity contribution in [2.45, 2.75) is 68.3 Å². The minimum atomic E-state index is -3.70. The average Bonchev–Trinajstić information content (AvgIpc) is 3.44. The van der Waals surface area contributed by atoms with Crippen molar-refractivity contribution >= 4 is 21.8 Å². The van der Waals surface area contributed by atoms with E-state index in [-0.39, 0.29) is 4.90 Å². The van der Waals surface area contributed by atoms with Crippen molar-refractivity contribution in [3.63, 3.8) is 0 Å². The second-order valence-corrected chi connectivity index (χ2v) is 10.1. The molecule has 2 aliphatic carbocycles. The molecule has 0 amide bonds. The molecule has 0 saturated heterocycles. The Hall–Kier alpha value is -2.19. The van der Waals surface area contributed by atoms with Crippen molar-refractivity contribution < 1.29 is 8.42 Å². The van der Waals surface area contributed by atoms with Crippen LogP contribution in [0.2, 0.25) is 0 Å². The highest BCUT2D eigenvalue weighted by atomic mass is 32.2. The van der Waals surface area contributed by atoms with Gasteiger partial charge < -0.3 is 10.2 Å². The Morgan fingerprint density at radius 2 is 1.83 bits per heavy atom. The van der Waals surface area contributed by atoms with E-state index in [2.05, 4.69) is 16.3 Å². The van der Waals surface area contributed by atoms with Crippen LogP contribution >= 0.6 is 0 Å². The summed E-state index contributed by atoms with van der Waals surface area (Å²) in [6.07, 6.45) is 8.14. The minimum Gasteiger partial charge on any atom is -0.352 e. The monoisotopic (exact) mass is 413 g/mol. The molecule has 3 aliphatic rings. The molecule has 0 bridgehead atoms. The lowest BCUT2D eigenvalue weighted by Crippen LogP contribution is -2.32. The first-order valence-corrected chi connectivity index (χ1v) is 12.1. The number of hydrogen-bond acceptors (Lipinski definition) is 6. The van der Waals surface area contributed by atoms with Gasteiger partial charge in [-0.3, -0.25) is 0 Å². The van der Waals surface area contributed by atoms with E-state index in [4.69, 9.17) is 15.1 Å². The molecule has 7 nitrogen and oxygen atoms in total. The average molecular weight is 414 g/mol. The summed E-state index contributed by atoms with van der Waals surface area (Å²) in [5.74, 6) is 2.21. The smallest absolute Gasteiger partial charge is 0.238 e. The highest BCUT2D eigenvalue weighted by Crippen LogP contribution is 2.40. The summed E-state index contributed by atoms with van der Waals surface area (Å²) in [5.41, 5.74) is 3.30. The van der Waals surface area contributed by atoms with Crippen molar-refractivity contribution in [1.29, 1.82) is 0 Å². The molecule has 1 aromatic carbocycles. The molecule has 2 fully saturated rings. The highest BCUT2D eigenvalue weighted by Gasteiger charge is 2.28. The molecule has 8 heteroatoms. The van der Waals surface area contributed by atoms with Gasteiger partial charge >= 0.3 is 0 Å². The molecule has 1 aliphatic heterocycles. The van der Waals surface area contributed by atoms with Crippen LogP contribution in [-0.4, -0.2) is 31.0 Å². The molecular weight excluding hydrogens is 386 g/mol. The quantitative estimate of drug-likeness (QED) is 0.782. The fourth-order valence-electron chi connectivity index (χ4n) is 4.43. The van der Waals surface area contributed by atoms with Crippen LogP contribution in [-0.2, 0) is 23.0 Å². The normalized spacial score (nSPS) is 20.0. The number of nitrogens with zero attached hydrogens (tertiary/aromatic N) is 3. The number of nitrogens with two attached hydrogens (primary N) is 1. The number of hydrogen-bond donors (Lipinski definition) is 2. The standard InChI is InChI=1S/C21H27N5O2S/c22-29(27,28)18-8-7-14-9-10-26(13-16(14)11-18)20-12-19(15-5-6-15)24-21(25-20)23-17-3-1-2-4-17/h7-8,11-12,15,17H,1-6,9-10,13H2,(H2,22,27,28)(H,23,24,25). The molecule has 154 valence electrons. The molecule has 3 N–H and O–H groups in total. The van der Waals surface area contributed by atoms with Crippen LogP contribution in [0.1, 0.15) is 61.3 Å². The maximum Gasteiger partial charge on any atom is 0.238 e. The Balaban J connectivity index is 1.43. The van der Waals surface area contributed by atoms with Crippen molar-refractivity contribution in [2.24, 2.45) is 5.14 Å². The first kappa shape index (κ1) is 18.8. The number of aromatic nitrogens is 2. The van der Waals surface area contributed by atoms with Crippen LogP contribution in [0, 0.1) is 0 Å². The van der Waals surface area contributed by atoms with Gasteiger partial charge in [0.25, 0.3) is 0 Å². The molecule has 2 saturated carbocycles. The van der Waals surface area contributed by atoms with Gasteiger partial charge in [-0.25, -0.2) is 18.5 Å². The van der Waals surface area contributed by atoms with E-state index in [1.165, 1.54) is 44.1 Å². The first-order valence-electron chi connectivity index (χ1n) is 10.5. The molecule has 5 rings (SSSR count). The van der Waals surface area contributed by atoms with Gasteiger partial charge in [-0.15, -0.1) is 0 Å². The summed E-state index contributed by atoms with van der Waals surface area (Å²) in [6, 6.07) is 7.78. The Bertz CT molecular complexity index is 1030. The number of benzene rings is 1. The van der Waals surface area contributed by atoms with Crippen molar-refractivity contribution in [3.05, 3.63) is 41.1 Å². The van der Waals surface area contributed by atoms with Gasteiger partial charge in [-0.2, -0.15) is 4.98 Å². The number of nitrogens with one attached hydrogen (secondary N) is 1. The van der Waals surface area contributed by atoms with Crippen LogP contribution in [0.5, 0.6) is 0 Å². The minimum absolute atomic E-state index is 0.169. The largest absolute Gasteiger partial charge is 0.352 e. The Morgan fingerprint density at radius 3 is 2.55 bits per heavy atom. The van der Waals surface area contributed by atoms with E-state index in [0.717, 1.165) is 36.0 Å². The van der Waals surface area contributed by atoms with Gasteiger partial charge in [0.1, 0.15) is 5.82 Å². The molecule has 0 spiro atoms. The first-order chi connectivity index (χ1) is 14.0. The van der Waals surface area contributed by atoms with Gasteiger partial charge in [0, 0.05) is 31.1 Å². The lowest BCUT2D eigenvalue weighted by molar-refractivity contribution is 0.597. The number of primary sulfonamides is 1. The lowest BCUT2D eigenvalue weighted by atomic mass is 10.00. The lowest BCUT2D eigenvalue weighted by Gasteiger charge is -2.30. The van der Waals surface area contributed by atoms with Crippen LogP contribution in [0.4, 0.5) is 11.8 Å². The second kappa shape index (κ2) is 7.25. The fourth-order valence-corrected chi connectivity index (χ4v) is 4.99. The highest BCUT2D eigenvalue weighted by molar-refractivity contribution is 7.89. The molecule has 0 unspecified atom stereocenters. The van der Waals surface area contributed by atoms with E-state index in [1.807, 2.05) is 6.07 Å². The topological polar surface area (TPSA) is 101 Å². The summed E-state index contributed by atoms with van der Waals surface area (Å²) >= 11 is 0. The number of fused-ring (bicyclic) bond motifs is 1. The van der Waals surface area contributed by atoms with E-state index in [9.17, 15) is 8.42 Å². The van der Waals surface area contributed by atoms with Gasteiger partial charge in [0.2, 0.25) is 16.0 Å². The summed E-state index contributed by atoms with van der Waals surface area (Å²) in [6.45, 7) is 1.48. The molecule has 2 aromatic rings. The van der Waals surface area contributed by atoms with Crippen LogP contribution in [0.25, 0.3) is 0 Å². The van der Waals surface area contributed by atoms with E-state index in [1.54, 1.807) is 12.1 Å². The zero-order valence-corrected chi connectivity index (χ0v) is 17.3. The van der Waals surface area contributed by atoms with Crippen molar-refractivity contribution in [3.8, 4) is 0 Å². The SMILES string of the molecule is NS(=O)(=O)c1ccc2c(c1)CN(c1cc(C3CC3)nc(NC3CCCC3)n1)CC2. The zero-order chi connectivity index (χ0) is 20.0. The summed E-state index contributed by atoms with van der Waals surface area (Å²) in [4.78, 5) is 12.0. The third-order valence-electron chi connectivity index (χ3n) is 6.26. The molecule has 0 radical (unpaired) electrons. The molecular formula is C21H27N5O2S. The molecule has 1 aromatic heterocycles. The Kier molecular flexibility index (Phi) is 4.70. The molecule has 2 heterocycles. The predicted molar refractivity (Wildman–Crippen MR) is 112 cm³/mol. The summed E-state index contributed by atoms with van der Waals surface area (Å²) in [5, 5.41) is 8.87. The Labute approximate surface area is 171 Å².